The third-order valence-corrected chi connectivity index (χ3v) is 4.76. The Balaban J connectivity index is 1.97. The normalized spacial score (nSPS) is 22.0. The highest BCUT2D eigenvalue weighted by molar-refractivity contribution is 8.13. The van der Waals surface area contributed by atoms with Crippen molar-refractivity contribution in [1.82, 2.24) is 0 Å². The number of alkyl halides is 1. The first-order valence-electron chi connectivity index (χ1n) is 5.82. The van der Waals surface area contributed by atoms with Crippen LogP contribution in [0.2, 0.25) is 5.02 Å². The van der Waals surface area contributed by atoms with Gasteiger partial charge in [-0.2, -0.15) is 0 Å². The number of nitrogens with zero attached hydrogens (tertiary/aromatic N) is 1. The van der Waals surface area contributed by atoms with E-state index in [0.29, 0.717) is 5.88 Å². The van der Waals surface area contributed by atoms with Gasteiger partial charge in [-0.1, -0.05) is 16.8 Å². The minimum atomic E-state index is -0.373. The van der Waals surface area contributed by atoms with Gasteiger partial charge in [0.25, 0.3) is 0 Å². The molecular weight excluding hydrogens is 305 g/mol. The molecule has 3 nitrogen and oxygen atoms in total. The first-order chi connectivity index (χ1) is 9.06. The van der Waals surface area contributed by atoms with Crippen molar-refractivity contribution in [2.45, 2.75) is 24.7 Å². The summed E-state index contributed by atoms with van der Waals surface area (Å²) < 4.78 is 5.19. The Labute approximate surface area is 127 Å². The van der Waals surface area contributed by atoms with Crippen LogP contribution in [0.3, 0.4) is 0 Å². The topological polar surface area (TPSA) is 30.8 Å². The van der Waals surface area contributed by atoms with E-state index < -0.39 is 0 Å². The first kappa shape index (κ1) is 14.8. The van der Waals surface area contributed by atoms with Crippen molar-refractivity contribution in [2.75, 3.05) is 13.0 Å². The van der Waals surface area contributed by atoms with Crippen LogP contribution in [0.5, 0.6) is 5.75 Å². The Morgan fingerprint density at radius 3 is 2.95 bits per heavy atom. The van der Waals surface area contributed by atoms with Crippen LogP contribution < -0.4 is 4.74 Å². The van der Waals surface area contributed by atoms with Crippen LogP contribution in [0.25, 0.3) is 0 Å². The third kappa shape index (κ3) is 3.71. The van der Waals surface area contributed by atoms with Crippen LogP contribution in [-0.4, -0.2) is 23.6 Å². The summed E-state index contributed by atoms with van der Waals surface area (Å²) in [5, 5.41) is 5.74. The zero-order valence-corrected chi connectivity index (χ0v) is 13.1. The summed E-state index contributed by atoms with van der Waals surface area (Å²) in [5.41, 5.74) is 0.649. The SMILES string of the molecule is COc1ccc(Cl)c(CSC2=NOC(C)(CCl)C2)c1. The van der Waals surface area contributed by atoms with Gasteiger partial charge in [0.1, 0.15) is 10.8 Å². The molecule has 0 saturated carbocycles. The summed E-state index contributed by atoms with van der Waals surface area (Å²) in [7, 11) is 1.64. The summed E-state index contributed by atoms with van der Waals surface area (Å²) in [6.45, 7) is 1.95. The molecule has 1 aromatic rings. The quantitative estimate of drug-likeness (QED) is 0.775. The monoisotopic (exact) mass is 319 g/mol. The lowest BCUT2D eigenvalue weighted by molar-refractivity contribution is 0.0152. The van der Waals surface area contributed by atoms with Crippen LogP contribution in [-0.2, 0) is 10.6 Å². The fourth-order valence-corrected chi connectivity index (χ4v) is 3.11. The molecule has 0 aromatic heterocycles. The second kappa shape index (κ2) is 6.25. The zero-order valence-electron chi connectivity index (χ0n) is 10.8. The lowest BCUT2D eigenvalue weighted by atomic mass is 10.1. The summed E-state index contributed by atoms with van der Waals surface area (Å²) in [6.07, 6.45) is 0.739. The molecule has 2 rings (SSSR count). The summed E-state index contributed by atoms with van der Waals surface area (Å²) in [4.78, 5) is 5.34. The number of methoxy groups -OCH3 is 1. The molecule has 0 spiro atoms. The maximum absolute atomic E-state index is 6.16. The van der Waals surface area contributed by atoms with Gasteiger partial charge in [0.05, 0.1) is 13.0 Å². The molecule has 0 fully saturated rings. The van der Waals surface area contributed by atoms with E-state index in [9.17, 15) is 0 Å². The van der Waals surface area contributed by atoms with Crippen molar-refractivity contribution in [3.05, 3.63) is 28.8 Å². The van der Waals surface area contributed by atoms with Crippen LogP contribution in [0, 0.1) is 0 Å². The number of hydrogen-bond donors (Lipinski definition) is 0. The summed E-state index contributed by atoms with van der Waals surface area (Å²) >= 11 is 13.6. The van der Waals surface area contributed by atoms with Gasteiger partial charge >= 0.3 is 0 Å². The highest BCUT2D eigenvalue weighted by Crippen LogP contribution is 2.32. The van der Waals surface area contributed by atoms with Crippen molar-refractivity contribution in [3.63, 3.8) is 0 Å². The molecule has 0 aliphatic carbocycles. The molecule has 0 radical (unpaired) electrons. The fraction of sp³-hybridized carbons (Fsp3) is 0.462. The Morgan fingerprint density at radius 1 is 1.53 bits per heavy atom. The Bertz CT molecular complexity index is 496. The van der Waals surface area contributed by atoms with Crippen molar-refractivity contribution in [1.29, 1.82) is 0 Å². The van der Waals surface area contributed by atoms with Crippen LogP contribution in [0.15, 0.2) is 23.4 Å². The smallest absolute Gasteiger partial charge is 0.154 e. The Hall–Kier alpha value is -0.580. The number of ether oxygens (including phenoxy) is 1. The van der Waals surface area contributed by atoms with Gasteiger partial charge in [-0.15, -0.1) is 23.4 Å². The molecule has 0 N–H and O–H groups in total. The van der Waals surface area contributed by atoms with E-state index in [0.717, 1.165) is 33.6 Å². The third-order valence-electron chi connectivity index (χ3n) is 2.82. The second-order valence-electron chi connectivity index (χ2n) is 4.58. The van der Waals surface area contributed by atoms with Gasteiger partial charge in [0.2, 0.25) is 0 Å². The summed E-state index contributed by atoms with van der Waals surface area (Å²) in [6, 6.07) is 5.62. The number of halogens is 2. The van der Waals surface area contributed by atoms with Crippen molar-refractivity contribution in [3.8, 4) is 5.75 Å². The van der Waals surface area contributed by atoms with Crippen molar-refractivity contribution < 1.29 is 9.57 Å². The average molecular weight is 320 g/mol. The van der Waals surface area contributed by atoms with E-state index in [2.05, 4.69) is 5.16 Å². The van der Waals surface area contributed by atoms with Crippen LogP contribution in [0.4, 0.5) is 0 Å². The average Bonchev–Trinajstić information content (AvgIpc) is 2.80. The molecule has 1 aliphatic heterocycles. The lowest BCUT2D eigenvalue weighted by Gasteiger charge is -2.16. The molecule has 1 unspecified atom stereocenters. The van der Waals surface area contributed by atoms with E-state index >= 15 is 0 Å². The number of benzene rings is 1. The largest absolute Gasteiger partial charge is 0.497 e. The highest BCUT2D eigenvalue weighted by atomic mass is 35.5. The second-order valence-corrected chi connectivity index (χ2v) is 6.31. The van der Waals surface area contributed by atoms with E-state index in [1.54, 1.807) is 18.9 Å². The van der Waals surface area contributed by atoms with Gasteiger partial charge in [0.15, 0.2) is 5.60 Å². The molecule has 1 heterocycles. The van der Waals surface area contributed by atoms with E-state index in [-0.39, 0.29) is 5.60 Å². The maximum atomic E-state index is 6.16. The van der Waals surface area contributed by atoms with Gasteiger partial charge in [-0.3, -0.25) is 0 Å². The number of hydrogen-bond acceptors (Lipinski definition) is 4. The van der Waals surface area contributed by atoms with Gasteiger partial charge in [-0.25, -0.2) is 0 Å². The minimum absolute atomic E-state index is 0.373. The van der Waals surface area contributed by atoms with E-state index in [1.165, 1.54) is 0 Å². The van der Waals surface area contributed by atoms with Crippen molar-refractivity contribution in [2.24, 2.45) is 5.16 Å². The number of thioether (sulfide) groups is 1. The highest BCUT2D eigenvalue weighted by Gasteiger charge is 2.33. The molecule has 1 aliphatic rings. The van der Waals surface area contributed by atoms with Crippen LogP contribution >= 0.6 is 35.0 Å². The Morgan fingerprint density at radius 2 is 2.32 bits per heavy atom. The molecule has 1 atom stereocenters. The standard InChI is InChI=1S/C13H15Cl2NO2S/c1-13(8-14)6-12(16-18-13)19-7-9-5-10(17-2)3-4-11(9)15/h3-5H,6-8H2,1-2H3. The van der Waals surface area contributed by atoms with Gasteiger partial charge in [0, 0.05) is 17.2 Å². The number of rotatable bonds is 4. The zero-order chi connectivity index (χ0) is 13.9. The minimum Gasteiger partial charge on any atom is -0.497 e. The molecule has 0 amide bonds. The molecule has 1 aromatic carbocycles. The molecular formula is C13H15Cl2NO2S. The first-order valence-corrected chi connectivity index (χ1v) is 7.72. The maximum Gasteiger partial charge on any atom is 0.154 e. The molecule has 0 bridgehead atoms. The predicted molar refractivity (Wildman–Crippen MR) is 81.6 cm³/mol. The molecule has 104 valence electrons. The van der Waals surface area contributed by atoms with E-state index in [4.69, 9.17) is 32.8 Å². The fourth-order valence-electron chi connectivity index (χ4n) is 1.64. The molecule has 0 saturated heterocycles. The number of oxime groups is 1. The lowest BCUT2D eigenvalue weighted by Crippen LogP contribution is -2.26. The Kier molecular flexibility index (Phi) is 4.87. The van der Waals surface area contributed by atoms with Gasteiger partial charge < -0.3 is 9.57 Å². The van der Waals surface area contributed by atoms with Crippen molar-refractivity contribution >= 4 is 40.0 Å². The molecule has 6 heteroatoms. The predicted octanol–water partition coefficient (Wildman–Crippen LogP) is 4.31. The summed E-state index contributed by atoms with van der Waals surface area (Å²) in [5.74, 6) is 1.96. The van der Waals surface area contributed by atoms with Crippen LogP contribution in [0.1, 0.15) is 18.9 Å². The molecule has 19 heavy (non-hydrogen) atoms. The van der Waals surface area contributed by atoms with E-state index in [1.807, 2.05) is 25.1 Å². The van der Waals surface area contributed by atoms with Gasteiger partial charge in [-0.05, 0) is 30.7 Å².